The molecule has 1 unspecified atom stereocenters. The molecule has 5 rings (SSSR count). The maximum absolute atomic E-state index is 5.81. The standard InChI is InChI=1S/C19H18N2O2S/c1-3-14(13-8-12-23-15(13)4-1)21-10-9-20-19(21)18-7-6-17(24-18)16-5-2-11-22-16/h1,3-4,6-7,9-10,16H,2,5,8,11-12H2. The molecule has 0 radical (unpaired) electrons. The number of hydrogen-bond donors (Lipinski definition) is 0. The molecule has 0 amide bonds. The van der Waals surface area contributed by atoms with E-state index < -0.39 is 0 Å². The van der Waals surface area contributed by atoms with E-state index in [0.29, 0.717) is 0 Å². The minimum absolute atomic E-state index is 0.265. The number of imidazole rings is 1. The van der Waals surface area contributed by atoms with Gasteiger partial charge in [0.25, 0.3) is 0 Å². The molecule has 1 fully saturated rings. The lowest BCUT2D eigenvalue weighted by Crippen LogP contribution is -1.99. The Hall–Kier alpha value is -2.11. The van der Waals surface area contributed by atoms with E-state index in [9.17, 15) is 0 Å². The zero-order valence-electron chi connectivity index (χ0n) is 13.3. The van der Waals surface area contributed by atoms with Gasteiger partial charge >= 0.3 is 0 Å². The first-order valence-electron chi connectivity index (χ1n) is 8.40. The molecule has 1 aromatic carbocycles. The minimum Gasteiger partial charge on any atom is -0.493 e. The number of fused-ring (bicyclic) bond motifs is 1. The molecule has 0 bridgehead atoms. The lowest BCUT2D eigenvalue weighted by atomic mass is 10.1. The van der Waals surface area contributed by atoms with Crippen LogP contribution < -0.4 is 4.74 Å². The van der Waals surface area contributed by atoms with E-state index in [4.69, 9.17) is 9.47 Å². The van der Waals surface area contributed by atoms with Crippen LogP contribution in [0.5, 0.6) is 5.75 Å². The van der Waals surface area contributed by atoms with Gasteiger partial charge in [0.2, 0.25) is 0 Å². The molecule has 0 saturated carbocycles. The molecule has 1 saturated heterocycles. The van der Waals surface area contributed by atoms with Crippen LogP contribution in [0.25, 0.3) is 16.4 Å². The van der Waals surface area contributed by atoms with Crippen LogP contribution in [0.15, 0.2) is 42.7 Å². The second kappa shape index (κ2) is 5.76. The van der Waals surface area contributed by atoms with Gasteiger partial charge in [-0.15, -0.1) is 11.3 Å². The fourth-order valence-corrected chi connectivity index (χ4v) is 4.64. The van der Waals surface area contributed by atoms with E-state index in [1.165, 1.54) is 21.0 Å². The molecule has 4 heterocycles. The van der Waals surface area contributed by atoms with Crippen LogP contribution in [0.2, 0.25) is 0 Å². The van der Waals surface area contributed by atoms with Gasteiger partial charge in [0, 0.05) is 35.9 Å². The van der Waals surface area contributed by atoms with Gasteiger partial charge in [-0.1, -0.05) is 6.07 Å². The smallest absolute Gasteiger partial charge is 0.154 e. The summed E-state index contributed by atoms with van der Waals surface area (Å²) in [5.74, 6) is 1.99. The molecule has 2 aliphatic rings. The third-order valence-corrected chi connectivity index (χ3v) is 5.89. The van der Waals surface area contributed by atoms with Gasteiger partial charge in [-0.05, 0) is 37.1 Å². The van der Waals surface area contributed by atoms with Crippen LogP contribution in [0.1, 0.15) is 29.4 Å². The highest BCUT2D eigenvalue weighted by Crippen LogP contribution is 2.38. The van der Waals surface area contributed by atoms with Crippen molar-refractivity contribution in [1.29, 1.82) is 0 Å². The van der Waals surface area contributed by atoms with E-state index in [1.807, 2.05) is 18.5 Å². The van der Waals surface area contributed by atoms with Crippen molar-refractivity contribution in [3.05, 3.63) is 53.2 Å². The lowest BCUT2D eigenvalue weighted by molar-refractivity contribution is 0.114. The molecule has 2 aliphatic heterocycles. The fourth-order valence-electron chi connectivity index (χ4n) is 3.56. The van der Waals surface area contributed by atoms with E-state index in [2.05, 4.69) is 33.8 Å². The summed E-state index contributed by atoms with van der Waals surface area (Å²) in [4.78, 5) is 7.11. The third-order valence-electron chi connectivity index (χ3n) is 4.71. The van der Waals surface area contributed by atoms with Crippen molar-refractivity contribution in [1.82, 2.24) is 9.55 Å². The Morgan fingerprint density at radius 2 is 2.17 bits per heavy atom. The summed E-state index contributed by atoms with van der Waals surface area (Å²) in [5.41, 5.74) is 2.44. The second-order valence-electron chi connectivity index (χ2n) is 6.18. The van der Waals surface area contributed by atoms with Gasteiger partial charge in [0.1, 0.15) is 5.75 Å². The Morgan fingerprint density at radius 3 is 3.08 bits per heavy atom. The number of hydrogen-bond acceptors (Lipinski definition) is 4. The molecule has 3 aromatic rings. The van der Waals surface area contributed by atoms with Gasteiger partial charge in [-0.2, -0.15) is 0 Å². The first-order chi connectivity index (χ1) is 11.9. The van der Waals surface area contributed by atoms with Crippen molar-refractivity contribution in [2.24, 2.45) is 0 Å². The number of nitrogens with zero attached hydrogens (tertiary/aromatic N) is 2. The third kappa shape index (κ3) is 2.27. The Balaban J connectivity index is 1.55. The molecule has 24 heavy (non-hydrogen) atoms. The summed E-state index contributed by atoms with van der Waals surface area (Å²) in [6.45, 7) is 1.64. The molecule has 122 valence electrons. The number of ether oxygens (including phenoxy) is 2. The Morgan fingerprint density at radius 1 is 1.17 bits per heavy atom. The topological polar surface area (TPSA) is 36.3 Å². The predicted molar refractivity (Wildman–Crippen MR) is 94.0 cm³/mol. The van der Waals surface area contributed by atoms with Gasteiger partial charge in [-0.3, -0.25) is 4.57 Å². The molecule has 5 heteroatoms. The van der Waals surface area contributed by atoms with Gasteiger partial charge in [0.15, 0.2) is 5.82 Å². The monoisotopic (exact) mass is 338 g/mol. The number of aromatic nitrogens is 2. The van der Waals surface area contributed by atoms with Crippen molar-refractivity contribution in [2.45, 2.75) is 25.4 Å². The molecule has 1 atom stereocenters. The van der Waals surface area contributed by atoms with Crippen LogP contribution in [-0.4, -0.2) is 22.8 Å². The highest BCUT2D eigenvalue weighted by atomic mass is 32.1. The van der Waals surface area contributed by atoms with Crippen LogP contribution in [0.4, 0.5) is 0 Å². The summed E-state index contributed by atoms with van der Waals surface area (Å²) in [6.07, 6.45) is 7.40. The van der Waals surface area contributed by atoms with Crippen molar-refractivity contribution >= 4 is 11.3 Å². The summed E-state index contributed by atoms with van der Waals surface area (Å²) in [5, 5.41) is 0. The quantitative estimate of drug-likeness (QED) is 0.711. The van der Waals surface area contributed by atoms with Gasteiger partial charge in [-0.25, -0.2) is 4.98 Å². The number of rotatable bonds is 3. The Kier molecular flexibility index (Phi) is 3.42. The lowest BCUT2D eigenvalue weighted by Gasteiger charge is -2.11. The molecular weight excluding hydrogens is 320 g/mol. The molecule has 0 aliphatic carbocycles. The number of thiophene rings is 1. The Bertz CT molecular complexity index is 877. The first-order valence-corrected chi connectivity index (χ1v) is 9.22. The molecule has 0 spiro atoms. The van der Waals surface area contributed by atoms with Crippen LogP contribution >= 0.6 is 11.3 Å². The van der Waals surface area contributed by atoms with E-state index in [0.717, 1.165) is 44.1 Å². The zero-order valence-corrected chi connectivity index (χ0v) is 14.1. The summed E-state index contributed by atoms with van der Waals surface area (Å²) in [7, 11) is 0. The SMILES string of the molecule is c1cc2c(c(-n3ccnc3-c3ccc(C4CCCO4)s3)c1)CCO2. The minimum atomic E-state index is 0.265. The van der Waals surface area contributed by atoms with E-state index >= 15 is 0 Å². The van der Waals surface area contributed by atoms with Crippen LogP contribution in [-0.2, 0) is 11.2 Å². The first kappa shape index (κ1) is 14.3. The summed E-state index contributed by atoms with van der Waals surface area (Å²) < 4.78 is 13.7. The van der Waals surface area contributed by atoms with Crippen molar-refractivity contribution in [3.8, 4) is 22.1 Å². The maximum atomic E-state index is 5.81. The summed E-state index contributed by atoms with van der Waals surface area (Å²) in [6, 6.07) is 10.6. The average molecular weight is 338 g/mol. The second-order valence-corrected chi connectivity index (χ2v) is 7.29. The molecule has 2 aromatic heterocycles. The van der Waals surface area contributed by atoms with Crippen molar-refractivity contribution in [2.75, 3.05) is 13.2 Å². The maximum Gasteiger partial charge on any atom is 0.154 e. The van der Waals surface area contributed by atoms with E-state index in [1.54, 1.807) is 11.3 Å². The Labute approximate surface area is 144 Å². The molecular formula is C19H18N2O2S. The normalized spacial score (nSPS) is 19.4. The highest BCUT2D eigenvalue weighted by Gasteiger charge is 2.22. The average Bonchev–Trinajstić information content (AvgIpc) is 3.41. The fraction of sp³-hybridized carbons (Fsp3) is 0.316. The van der Waals surface area contributed by atoms with Gasteiger partial charge < -0.3 is 9.47 Å². The van der Waals surface area contributed by atoms with Crippen LogP contribution in [0.3, 0.4) is 0 Å². The van der Waals surface area contributed by atoms with Gasteiger partial charge in [0.05, 0.1) is 23.3 Å². The van der Waals surface area contributed by atoms with E-state index in [-0.39, 0.29) is 6.10 Å². The zero-order chi connectivity index (χ0) is 15.9. The van der Waals surface area contributed by atoms with Crippen molar-refractivity contribution < 1.29 is 9.47 Å². The number of benzene rings is 1. The van der Waals surface area contributed by atoms with Crippen molar-refractivity contribution in [3.63, 3.8) is 0 Å². The highest BCUT2D eigenvalue weighted by molar-refractivity contribution is 7.15. The molecule has 4 nitrogen and oxygen atoms in total. The van der Waals surface area contributed by atoms with Crippen LogP contribution in [0, 0.1) is 0 Å². The predicted octanol–water partition coefficient (Wildman–Crippen LogP) is 4.39. The molecule has 0 N–H and O–H groups in total. The largest absolute Gasteiger partial charge is 0.493 e. The summed E-state index contributed by atoms with van der Waals surface area (Å²) >= 11 is 1.79.